The zero-order chi connectivity index (χ0) is 23.4. The van der Waals surface area contributed by atoms with Gasteiger partial charge in [0.15, 0.2) is 17.3 Å². The van der Waals surface area contributed by atoms with Gasteiger partial charge >= 0.3 is 5.97 Å². The molecule has 0 unspecified atom stereocenters. The molecule has 2 aromatic heterocycles. The zero-order valence-electron chi connectivity index (χ0n) is 18.5. The summed E-state index contributed by atoms with van der Waals surface area (Å²) in [5, 5.41) is 4.39. The smallest absolute Gasteiger partial charge is 0.308 e. The minimum atomic E-state index is -0.431. The third-order valence-electron chi connectivity index (χ3n) is 4.59. The van der Waals surface area contributed by atoms with Crippen molar-refractivity contribution >= 4 is 28.3 Å². The lowest BCUT2D eigenvalue weighted by molar-refractivity contribution is -0.132. The van der Waals surface area contributed by atoms with Crippen LogP contribution in [0.1, 0.15) is 32.8 Å². The van der Waals surface area contributed by atoms with Gasteiger partial charge in [-0.3, -0.25) is 9.59 Å². The van der Waals surface area contributed by atoms with E-state index in [1.807, 2.05) is 31.2 Å². The number of carbonyl (C=O) groups excluding carboxylic acids is 1. The van der Waals surface area contributed by atoms with Gasteiger partial charge in [0, 0.05) is 12.5 Å². The fourth-order valence-electron chi connectivity index (χ4n) is 3.15. The van der Waals surface area contributed by atoms with Gasteiger partial charge in [0.25, 0.3) is 5.56 Å². The second kappa shape index (κ2) is 9.83. The van der Waals surface area contributed by atoms with Gasteiger partial charge in [-0.2, -0.15) is 9.50 Å². The number of thiazole rings is 1. The maximum atomic E-state index is 12.9. The van der Waals surface area contributed by atoms with E-state index in [-0.39, 0.29) is 5.56 Å². The number of esters is 1. The van der Waals surface area contributed by atoms with Gasteiger partial charge < -0.3 is 14.2 Å². The highest BCUT2D eigenvalue weighted by Crippen LogP contribution is 2.29. The number of rotatable bonds is 8. The molecule has 2 heterocycles. The minimum Gasteiger partial charge on any atom is -0.494 e. The molecule has 8 nitrogen and oxygen atoms in total. The molecule has 0 atom stereocenters. The second-order valence-electron chi connectivity index (χ2n) is 7.15. The quantitative estimate of drug-likeness (QED) is 0.291. The molecule has 0 spiro atoms. The molecule has 0 N–H and O–H groups in total. The van der Waals surface area contributed by atoms with Crippen molar-refractivity contribution in [2.45, 2.75) is 27.2 Å². The van der Waals surface area contributed by atoms with Crippen molar-refractivity contribution in [3.63, 3.8) is 0 Å². The largest absolute Gasteiger partial charge is 0.494 e. The summed E-state index contributed by atoms with van der Waals surface area (Å²) in [6.45, 7) is 6.30. The van der Waals surface area contributed by atoms with Crippen molar-refractivity contribution in [2.75, 3.05) is 13.2 Å². The Morgan fingerprint density at radius 1 is 1.09 bits per heavy atom. The summed E-state index contributed by atoms with van der Waals surface area (Å²) in [5.74, 6) is 1.61. The number of ether oxygens (including phenoxy) is 3. The third-order valence-corrected chi connectivity index (χ3v) is 5.55. The number of hydrogen-bond acceptors (Lipinski definition) is 8. The van der Waals surface area contributed by atoms with E-state index in [0.29, 0.717) is 40.0 Å². The SMILES string of the molecule is CCCOc1ccc(-c2nc3s/c(=C\c4ccc(OC(C)=O)c(OCC)c4)c(=O)n3n2)cc1. The highest BCUT2D eigenvalue weighted by Gasteiger charge is 2.13. The molecule has 0 aliphatic carbocycles. The third kappa shape index (κ3) is 5.04. The summed E-state index contributed by atoms with van der Waals surface area (Å²) in [4.78, 5) is 29.2. The maximum absolute atomic E-state index is 12.9. The summed E-state index contributed by atoms with van der Waals surface area (Å²) in [6, 6.07) is 12.6. The lowest BCUT2D eigenvalue weighted by atomic mass is 10.2. The van der Waals surface area contributed by atoms with E-state index in [4.69, 9.17) is 14.2 Å². The second-order valence-corrected chi connectivity index (χ2v) is 8.16. The van der Waals surface area contributed by atoms with Gasteiger partial charge in [0.2, 0.25) is 4.96 Å². The molecule has 0 radical (unpaired) electrons. The number of hydrogen-bond donors (Lipinski definition) is 0. The Morgan fingerprint density at radius 2 is 1.88 bits per heavy atom. The molecule has 170 valence electrons. The van der Waals surface area contributed by atoms with Gasteiger partial charge in [0.05, 0.1) is 17.7 Å². The molecular formula is C24H23N3O5S. The molecule has 4 aromatic rings. The van der Waals surface area contributed by atoms with Gasteiger partial charge in [0.1, 0.15) is 5.75 Å². The molecule has 0 saturated carbocycles. The first-order chi connectivity index (χ1) is 16.0. The van der Waals surface area contributed by atoms with Crippen LogP contribution in [0.3, 0.4) is 0 Å². The summed E-state index contributed by atoms with van der Waals surface area (Å²) < 4.78 is 18.1. The summed E-state index contributed by atoms with van der Waals surface area (Å²) in [7, 11) is 0. The zero-order valence-corrected chi connectivity index (χ0v) is 19.3. The van der Waals surface area contributed by atoms with E-state index in [1.165, 1.54) is 22.8 Å². The Kier molecular flexibility index (Phi) is 6.69. The van der Waals surface area contributed by atoms with Gasteiger partial charge in [-0.25, -0.2) is 0 Å². The lowest BCUT2D eigenvalue weighted by Crippen LogP contribution is -2.23. The van der Waals surface area contributed by atoms with Crippen LogP contribution in [0.4, 0.5) is 0 Å². The maximum Gasteiger partial charge on any atom is 0.308 e. The number of fused-ring (bicyclic) bond motifs is 1. The van der Waals surface area contributed by atoms with E-state index in [2.05, 4.69) is 17.0 Å². The van der Waals surface area contributed by atoms with Crippen LogP contribution in [0.5, 0.6) is 17.2 Å². The average molecular weight is 466 g/mol. The van der Waals surface area contributed by atoms with Crippen molar-refractivity contribution in [1.82, 2.24) is 14.6 Å². The van der Waals surface area contributed by atoms with Crippen LogP contribution in [0.25, 0.3) is 22.4 Å². The molecule has 0 aliphatic rings. The summed E-state index contributed by atoms with van der Waals surface area (Å²) in [5.41, 5.74) is 1.29. The first-order valence-corrected chi connectivity index (χ1v) is 11.4. The molecular weight excluding hydrogens is 442 g/mol. The van der Waals surface area contributed by atoms with Crippen LogP contribution < -0.4 is 24.3 Å². The lowest BCUT2D eigenvalue weighted by Gasteiger charge is -2.10. The normalized spacial score (nSPS) is 11.7. The molecule has 9 heteroatoms. The Morgan fingerprint density at radius 3 is 2.55 bits per heavy atom. The van der Waals surface area contributed by atoms with Crippen molar-refractivity contribution in [3.8, 4) is 28.6 Å². The number of carbonyl (C=O) groups is 1. The van der Waals surface area contributed by atoms with E-state index in [0.717, 1.165) is 23.3 Å². The van der Waals surface area contributed by atoms with Crippen molar-refractivity contribution in [3.05, 3.63) is 62.9 Å². The van der Waals surface area contributed by atoms with Crippen LogP contribution in [0, 0.1) is 0 Å². The van der Waals surface area contributed by atoms with Crippen molar-refractivity contribution in [1.29, 1.82) is 0 Å². The topological polar surface area (TPSA) is 92.0 Å². The van der Waals surface area contributed by atoms with Crippen LogP contribution in [-0.4, -0.2) is 33.8 Å². The molecule has 0 aliphatic heterocycles. The summed E-state index contributed by atoms with van der Waals surface area (Å²) >= 11 is 1.25. The molecule has 0 fully saturated rings. The van der Waals surface area contributed by atoms with Gasteiger partial charge in [-0.1, -0.05) is 24.3 Å². The average Bonchev–Trinajstić information content (AvgIpc) is 3.34. The Labute approximate surface area is 194 Å². The van der Waals surface area contributed by atoms with Crippen molar-refractivity contribution < 1.29 is 19.0 Å². The summed E-state index contributed by atoms with van der Waals surface area (Å²) in [6.07, 6.45) is 2.68. The van der Waals surface area contributed by atoms with E-state index in [9.17, 15) is 9.59 Å². The molecule has 0 bridgehead atoms. The number of benzene rings is 2. The van der Waals surface area contributed by atoms with E-state index >= 15 is 0 Å². The van der Waals surface area contributed by atoms with Crippen LogP contribution in [-0.2, 0) is 4.79 Å². The van der Waals surface area contributed by atoms with Crippen LogP contribution >= 0.6 is 11.3 Å². The molecule has 0 amide bonds. The van der Waals surface area contributed by atoms with Crippen LogP contribution in [0.2, 0.25) is 0 Å². The highest BCUT2D eigenvalue weighted by molar-refractivity contribution is 7.15. The van der Waals surface area contributed by atoms with Crippen LogP contribution in [0.15, 0.2) is 47.3 Å². The number of aromatic nitrogens is 3. The van der Waals surface area contributed by atoms with Crippen molar-refractivity contribution in [2.24, 2.45) is 0 Å². The Hall–Kier alpha value is -3.72. The number of nitrogens with zero attached hydrogens (tertiary/aromatic N) is 3. The monoisotopic (exact) mass is 465 g/mol. The Bertz CT molecular complexity index is 1390. The van der Waals surface area contributed by atoms with Gasteiger partial charge in [-0.05, 0) is 61.4 Å². The standard InChI is InChI=1S/C24H23N3O5S/c1-4-12-31-18-9-7-17(8-10-18)22-25-24-27(26-22)23(29)21(33-24)14-16-6-11-19(32-15(3)28)20(13-16)30-5-2/h6-11,13-14H,4-5,12H2,1-3H3/b21-14-. The fraction of sp³-hybridized carbons (Fsp3) is 0.250. The first kappa shape index (κ1) is 22.5. The van der Waals surface area contributed by atoms with E-state index < -0.39 is 5.97 Å². The molecule has 33 heavy (non-hydrogen) atoms. The molecule has 4 rings (SSSR count). The minimum absolute atomic E-state index is 0.251. The first-order valence-electron chi connectivity index (χ1n) is 10.6. The molecule has 2 aromatic carbocycles. The predicted molar refractivity (Wildman–Crippen MR) is 126 cm³/mol. The van der Waals surface area contributed by atoms with Gasteiger partial charge in [-0.15, -0.1) is 5.10 Å². The Balaban J connectivity index is 1.64. The fourth-order valence-corrected chi connectivity index (χ4v) is 4.06. The molecule has 0 saturated heterocycles. The highest BCUT2D eigenvalue weighted by atomic mass is 32.1. The van der Waals surface area contributed by atoms with E-state index in [1.54, 1.807) is 24.3 Å². The predicted octanol–water partition coefficient (Wildman–Crippen LogP) is 3.48.